The number of halogens is 2. The minimum Gasteiger partial charge on any atom is -0.390 e. The number of benzene rings is 2. The third-order valence-electron chi connectivity index (χ3n) is 4.68. The van der Waals surface area contributed by atoms with Crippen LogP contribution in [0, 0.1) is 17.0 Å². The number of amides is 2. The van der Waals surface area contributed by atoms with Gasteiger partial charge in [0.1, 0.15) is 17.7 Å². The van der Waals surface area contributed by atoms with E-state index in [1.165, 1.54) is 12.1 Å². The second-order valence-corrected chi connectivity index (χ2v) is 8.20. The number of carbonyl (C=O) groups is 2. The molecule has 0 saturated heterocycles. The zero-order valence-electron chi connectivity index (χ0n) is 17.0. The summed E-state index contributed by atoms with van der Waals surface area (Å²) in [7, 11) is 0. The third kappa shape index (κ3) is 5.40. The monoisotopic (exact) mass is 415 g/mol. The Morgan fingerprint density at radius 3 is 2.40 bits per heavy atom. The van der Waals surface area contributed by atoms with Crippen LogP contribution in [0.25, 0.3) is 0 Å². The second-order valence-electron chi connectivity index (χ2n) is 8.20. The van der Waals surface area contributed by atoms with Crippen molar-refractivity contribution in [3.8, 4) is 0 Å². The maximum Gasteiger partial charge on any atom is 0.255 e. The predicted octanol–water partition coefficient (Wildman–Crippen LogP) is 4.02. The molecular weight excluding hydrogens is 392 g/mol. The van der Waals surface area contributed by atoms with Crippen LogP contribution in [0.3, 0.4) is 0 Å². The summed E-state index contributed by atoms with van der Waals surface area (Å²) in [5, 5.41) is 9.07. The minimum atomic E-state index is -0.857. The minimum absolute atomic E-state index is 0.0801. The molecule has 0 spiro atoms. The van der Waals surface area contributed by atoms with Crippen LogP contribution in [-0.2, 0) is 16.1 Å². The van der Waals surface area contributed by atoms with Gasteiger partial charge in [0.2, 0.25) is 5.91 Å². The highest BCUT2D eigenvalue weighted by Gasteiger charge is 2.32. The molecule has 2 aromatic rings. The zero-order valence-corrected chi connectivity index (χ0v) is 17.0. The Kier molecular flexibility index (Phi) is 6.14. The highest BCUT2D eigenvalue weighted by Crippen LogP contribution is 2.28. The molecule has 8 heteroatoms. The van der Waals surface area contributed by atoms with Crippen molar-refractivity contribution in [1.82, 2.24) is 5.32 Å². The Morgan fingerprint density at radius 2 is 1.80 bits per heavy atom. The van der Waals surface area contributed by atoms with Crippen LogP contribution in [0.5, 0.6) is 0 Å². The summed E-state index contributed by atoms with van der Waals surface area (Å²) in [6, 6.07) is 9.25. The van der Waals surface area contributed by atoms with Crippen LogP contribution in [0.1, 0.15) is 43.1 Å². The van der Waals surface area contributed by atoms with Crippen molar-refractivity contribution in [3.63, 3.8) is 0 Å². The number of hydrogen-bond donors (Lipinski definition) is 2. The van der Waals surface area contributed by atoms with E-state index < -0.39 is 17.5 Å². The van der Waals surface area contributed by atoms with Crippen LogP contribution in [-0.4, -0.2) is 23.8 Å². The number of amidine groups is 1. The average Bonchev–Trinajstić information content (AvgIpc) is 3.13. The molecule has 0 aliphatic carbocycles. The van der Waals surface area contributed by atoms with Gasteiger partial charge in [-0.2, -0.15) is 0 Å². The van der Waals surface area contributed by atoms with E-state index in [2.05, 4.69) is 15.8 Å². The van der Waals surface area contributed by atoms with E-state index in [0.29, 0.717) is 23.9 Å². The molecule has 1 heterocycles. The number of rotatable bonds is 4. The number of carbonyl (C=O) groups excluding carboxylic acids is 2. The number of hydrogen-bond acceptors (Lipinski definition) is 4. The topological polar surface area (TPSA) is 79.8 Å². The molecule has 30 heavy (non-hydrogen) atoms. The summed E-state index contributed by atoms with van der Waals surface area (Å²) < 4.78 is 26.6. The first-order valence-electron chi connectivity index (χ1n) is 9.50. The number of oxime groups is 1. The molecule has 0 aromatic heterocycles. The fourth-order valence-electron chi connectivity index (χ4n) is 2.87. The van der Waals surface area contributed by atoms with E-state index in [0.717, 1.165) is 12.1 Å². The molecule has 158 valence electrons. The summed E-state index contributed by atoms with van der Waals surface area (Å²) in [6.07, 6.45) is 0.554. The van der Waals surface area contributed by atoms with Gasteiger partial charge in [-0.05, 0) is 29.8 Å². The Labute approximate surface area is 173 Å². The van der Waals surface area contributed by atoms with Crippen molar-refractivity contribution in [2.24, 2.45) is 10.6 Å². The Bertz CT molecular complexity index is 982. The van der Waals surface area contributed by atoms with Gasteiger partial charge >= 0.3 is 0 Å². The van der Waals surface area contributed by atoms with Gasteiger partial charge in [0.25, 0.3) is 5.91 Å². The van der Waals surface area contributed by atoms with E-state index in [4.69, 9.17) is 4.84 Å². The highest BCUT2D eigenvalue weighted by molar-refractivity contribution is 6.04. The predicted molar refractivity (Wildman–Crippen MR) is 109 cm³/mol. The Balaban J connectivity index is 1.54. The molecule has 1 aliphatic rings. The maximum absolute atomic E-state index is 13.7. The number of nitrogens with zero attached hydrogens (tertiary/aromatic N) is 1. The Hall–Kier alpha value is -3.29. The van der Waals surface area contributed by atoms with Crippen LogP contribution < -0.4 is 10.6 Å². The molecule has 0 radical (unpaired) electrons. The van der Waals surface area contributed by atoms with E-state index in [-0.39, 0.29) is 35.1 Å². The van der Waals surface area contributed by atoms with Crippen LogP contribution in [0.15, 0.2) is 47.6 Å². The van der Waals surface area contributed by atoms with Crippen molar-refractivity contribution in [2.45, 2.75) is 39.7 Å². The van der Waals surface area contributed by atoms with Gasteiger partial charge in [-0.3, -0.25) is 9.59 Å². The summed E-state index contributed by atoms with van der Waals surface area (Å²) in [4.78, 5) is 29.9. The molecule has 0 bridgehead atoms. The molecule has 1 aliphatic heterocycles. The van der Waals surface area contributed by atoms with Crippen molar-refractivity contribution >= 4 is 23.3 Å². The standard InChI is InChI=1S/C22H23F2N3O3/c1-22(2,3)18-12-19(27-30-18)26-20(28)10-13-4-6-14(7-5-13)21(29)25-17-9-8-15(23)11-16(17)24/h4-9,11,18H,10,12H2,1-3H3,(H,25,29)(H,26,27,28). The van der Waals surface area contributed by atoms with Gasteiger partial charge in [0.05, 0.1) is 12.1 Å². The number of nitrogens with one attached hydrogen (secondary N) is 2. The maximum atomic E-state index is 13.7. The first-order chi connectivity index (χ1) is 14.1. The molecule has 6 nitrogen and oxygen atoms in total. The van der Waals surface area contributed by atoms with Crippen molar-refractivity contribution in [2.75, 3.05) is 5.32 Å². The molecule has 2 amide bonds. The lowest BCUT2D eigenvalue weighted by Gasteiger charge is -2.23. The van der Waals surface area contributed by atoms with Crippen molar-refractivity contribution in [3.05, 3.63) is 65.2 Å². The quantitative estimate of drug-likeness (QED) is 0.792. The fourth-order valence-corrected chi connectivity index (χ4v) is 2.87. The molecular formula is C22H23F2N3O3. The van der Waals surface area contributed by atoms with Gasteiger partial charge in [-0.25, -0.2) is 8.78 Å². The molecule has 0 fully saturated rings. The summed E-state index contributed by atoms with van der Waals surface area (Å²) >= 11 is 0. The SMILES string of the molecule is CC(C)(C)C1CC(NC(=O)Cc2ccc(C(=O)Nc3ccc(F)cc3F)cc2)=NO1. The highest BCUT2D eigenvalue weighted by atomic mass is 19.1. The van der Waals surface area contributed by atoms with E-state index in [1.54, 1.807) is 12.1 Å². The first kappa shape index (κ1) is 21.4. The number of anilines is 1. The van der Waals surface area contributed by atoms with Crippen molar-refractivity contribution < 1.29 is 23.2 Å². The molecule has 1 atom stereocenters. The van der Waals surface area contributed by atoms with Gasteiger partial charge < -0.3 is 15.5 Å². The van der Waals surface area contributed by atoms with Gasteiger partial charge in [-0.1, -0.05) is 38.1 Å². The zero-order chi connectivity index (χ0) is 21.9. The lowest BCUT2D eigenvalue weighted by Crippen LogP contribution is -2.34. The summed E-state index contributed by atoms with van der Waals surface area (Å²) in [5.41, 5.74) is 0.787. The summed E-state index contributed by atoms with van der Waals surface area (Å²) in [6.45, 7) is 6.13. The molecule has 2 aromatic carbocycles. The molecule has 0 saturated carbocycles. The molecule has 3 rings (SSSR count). The summed E-state index contributed by atoms with van der Waals surface area (Å²) in [5.74, 6) is -1.86. The smallest absolute Gasteiger partial charge is 0.255 e. The van der Waals surface area contributed by atoms with E-state index in [9.17, 15) is 18.4 Å². The first-order valence-corrected chi connectivity index (χ1v) is 9.50. The van der Waals surface area contributed by atoms with Crippen LogP contribution >= 0.6 is 0 Å². The van der Waals surface area contributed by atoms with Crippen LogP contribution in [0.4, 0.5) is 14.5 Å². The second kappa shape index (κ2) is 8.61. The fraction of sp³-hybridized carbons (Fsp3) is 0.318. The molecule has 1 unspecified atom stereocenters. The van der Waals surface area contributed by atoms with Gasteiger partial charge in [0, 0.05) is 23.5 Å². The molecule has 2 N–H and O–H groups in total. The van der Waals surface area contributed by atoms with Crippen molar-refractivity contribution in [1.29, 1.82) is 0 Å². The van der Waals surface area contributed by atoms with E-state index in [1.807, 2.05) is 20.8 Å². The third-order valence-corrected chi connectivity index (χ3v) is 4.68. The Morgan fingerprint density at radius 1 is 1.10 bits per heavy atom. The average molecular weight is 415 g/mol. The lowest BCUT2D eigenvalue weighted by molar-refractivity contribution is -0.119. The largest absolute Gasteiger partial charge is 0.390 e. The van der Waals surface area contributed by atoms with Gasteiger partial charge in [-0.15, -0.1) is 0 Å². The lowest BCUT2D eigenvalue weighted by atomic mass is 9.87. The normalized spacial score (nSPS) is 15.9. The van der Waals surface area contributed by atoms with E-state index >= 15 is 0 Å². The van der Waals surface area contributed by atoms with Gasteiger partial charge in [0.15, 0.2) is 5.84 Å². The van der Waals surface area contributed by atoms with Crippen LogP contribution in [0.2, 0.25) is 0 Å².